The van der Waals surface area contributed by atoms with Gasteiger partial charge < -0.3 is 4.74 Å². The van der Waals surface area contributed by atoms with Gasteiger partial charge in [-0.3, -0.25) is 14.7 Å². The first-order valence-corrected chi connectivity index (χ1v) is 10.9. The van der Waals surface area contributed by atoms with Gasteiger partial charge in [-0.2, -0.15) is 0 Å². The van der Waals surface area contributed by atoms with E-state index in [2.05, 4.69) is 11.4 Å². The predicted octanol–water partition coefficient (Wildman–Crippen LogP) is 5.68. The highest BCUT2D eigenvalue weighted by atomic mass is 16.5. The maximum atomic E-state index is 13.3. The summed E-state index contributed by atoms with van der Waals surface area (Å²) >= 11 is 0. The lowest BCUT2D eigenvalue weighted by Crippen LogP contribution is -2.25. The Bertz CT molecular complexity index is 1260. The molecule has 5 nitrogen and oxygen atoms in total. The lowest BCUT2D eigenvalue weighted by Gasteiger charge is -2.23. The van der Waals surface area contributed by atoms with Crippen LogP contribution in [-0.2, 0) is 17.6 Å². The molecule has 4 aromatic rings. The first-order chi connectivity index (χ1) is 15.7. The third-order valence-electron chi connectivity index (χ3n) is 6.06. The van der Waals surface area contributed by atoms with E-state index in [1.165, 1.54) is 5.56 Å². The van der Waals surface area contributed by atoms with Crippen LogP contribution in [0.2, 0.25) is 0 Å². The second kappa shape index (κ2) is 8.71. The van der Waals surface area contributed by atoms with Crippen LogP contribution in [-0.4, -0.2) is 23.2 Å². The standard InChI is InChI=1S/C27H24N2O3/c30-26(20-9-3-1-4-10-20)29-24-14-8-7-13-22(24)23-17-19(15-16-25(23)29)18-32-27(31)28-21-11-5-2-6-12-21/h1-14,19H,15-18H2,(H,28,31). The molecule has 1 heterocycles. The fourth-order valence-corrected chi connectivity index (χ4v) is 4.53. The fourth-order valence-electron chi connectivity index (χ4n) is 4.53. The maximum Gasteiger partial charge on any atom is 0.411 e. The van der Waals surface area contributed by atoms with Crippen LogP contribution >= 0.6 is 0 Å². The van der Waals surface area contributed by atoms with E-state index in [1.807, 2.05) is 83.4 Å². The Morgan fingerprint density at radius 2 is 1.59 bits per heavy atom. The third kappa shape index (κ3) is 3.89. The van der Waals surface area contributed by atoms with Gasteiger partial charge >= 0.3 is 6.09 Å². The van der Waals surface area contributed by atoms with Crippen molar-refractivity contribution in [2.24, 2.45) is 5.92 Å². The Hall–Kier alpha value is -3.86. The van der Waals surface area contributed by atoms with Crippen molar-refractivity contribution in [3.05, 3.63) is 102 Å². The number of carbonyl (C=O) groups is 2. The zero-order valence-electron chi connectivity index (χ0n) is 17.7. The molecule has 5 heteroatoms. The van der Waals surface area contributed by atoms with Crippen molar-refractivity contribution in [2.75, 3.05) is 11.9 Å². The van der Waals surface area contributed by atoms with E-state index in [9.17, 15) is 9.59 Å². The van der Waals surface area contributed by atoms with Gasteiger partial charge in [0.15, 0.2) is 0 Å². The van der Waals surface area contributed by atoms with Crippen LogP contribution in [0.5, 0.6) is 0 Å². The lowest BCUT2D eigenvalue weighted by atomic mass is 9.87. The SMILES string of the molecule is O=C(Nc1ccccc1)OCC1CCc2c(c3ccccc3n2C(=O)c2ccccc2)C1. The molecule has 1 amide bonds. The number of nitrogens with one attached hydrogen (secondary N) is 1. The van der Waals surface area contributed by atoms with Gasteiger partial charge in [0.1, 0.15) is 0 Å². The zero-order chi connectivity index (χ0) is 21.9. The van der Waals surface area contributed by atoms with Crippen LogP contribution in [0.25, 0.3) is 10.9 Å². The first kappa shape index (κ1) is 20.1. The molecule has 32 heavy (non-hydrogen) atoms. The fraction of sp³-hybridized carbons (Fsp3) is 0.185. The van der Waals surface area contributed by atoms with E-state index in [4.69, 9.17) is 4.74 Å². The number of ether oxygens (including phenoxy) is 1. The van der Waals surface area contributed by atoms with Gasteiger partial charge in [0.05, 0.1) is 12.1 Å². The third-order valence-corrected chi connectivity index (χ3v) is 6.06. The minimum absolute atomic E-state index is 0.0000103. The summed E-state index contributed by atoms with van der Waals surface area (Å²) in [6.07, 6.45) is 1.98. The molecule has 0 saturated heterocycles. The van der Waals surface area contributed by atoms with Crippen LogP contribution in [0.3, 0.4) is 0 Å². The van der Waals surface area contributed by atoms with Crippen molar-refractivity contribution in [3.8, 4) is 0 Å². The highest BCUT2D eigenvalue weighted by Crippen LogP contribution is 2.35. The molecule has 0 aliphatic heterocycles. The molecule has 1 N–H and O–H groups in total. The number of nitrogens with zero attached hydrogens (tertiary/aromatic N) is 1. The number of aromatic nitrogens is 1. The number of amides is 1. The van der Waals surface area contributed by atoms with Gasteiger partial charge in [-0.1, -0.05) is 54.6 Å². The number of hydrogen-bond acceptors (Lipinski definition) is 3. The second-order valence-electron chi connectivity index (χ2n) is 8.15. The zero-order valence-corrected chi connectivity index (χ0v) is 17.7. The molecule has 1 unspecified atom stereocenters. The van der Waals surface area contributed by atoms with Gasteiger partial charge in [0, 0.05) is 22.3 Å². The molecule has 1 aliphatic carbocycles. The van der Waals surface area contributed by atoms with E-state index >= 15 is 0 Å². The van der Waals surface area contributed by atoms with Gasteiger partial charge in [-0.05, 0) is 61.1 Å². The van der Waals surface area contributed by atoms with E-state index < -0.39 is 6.09 Å². The Morgan fingerprint density at radius 3 is 2.38 bits per heavy atom. The van der Waals surface area contributed by atoms with E-state index in [1.54, 1.807) is 0 Å². The number of benzene rings is 3. The molecule has 3 aromatic carbocycles. The monoisotopic (exact) mass is 424 g/mol. The van der Waals surface area contributed by atoms with Crippen LogP contribution in [0, 0.1) is 5.92 Å². The van der Waals surface area contributed by atoms with Gasteiger partial charge in [0.2, 0.25) is 0 Å². The molecule has 0 bridgehead atoms. The topological polar surface area (TPSA) is 60.3 Å². The normalized spacial score (nSPS) is 15.2. The van der Waals surface area contributed by atoms with Crippen molar-refractivity contribution in [2.45, 2.75) is 19.3 Å². The molecule has 0 fully saturated rings. The molecule has 1 aromatic heterocycles. The number of rotatable bonds is 4. The quantitative estimate of drug-likeness (QED) is 0.458. The molecule has 0 radical (unpaired) electrons. The van der Waals surface area contributed by atoms with E-state index in [0.29, 0.717) is 17.9 Å². The molecule has 1 aliphatic rings. The number of hydrogen-bond donors (Lipinski definition) is 1. The van der Waals surface area contributed by atoms with Gasteiger partial charge in [0.25, 0.3) is 5.91 Å². The largest absolute Gasteiger partial charge is 0.449 e. The predicted molar refractivity (Wildman–Crippen MR) is 125 cm³/mol. The average molecular weight is 425 g/mol. The number of fused-ring (bicyclic) bond motifs is 3. The highest BCUT2D eigenvalue weighted by molar-refractivity contribution is 6.04. The molecular weight excluding hydrogens is 400 g/mol. The average Bonchev–Trinajstić information content (AvgIpc) is 3.17. The molecule has 1 atom stereocenters. The molecular formula is C27H24N2O3. The minimum Gasteiger partial charge on any atom is -0.449 e. The van der Waals surface area contributed by atoms with Crippen molar-refractivity contribution < 1.29 is 14.3 Å². The highest BCUT2D eigenvalue weighted by Gasteiger charge is 2.28. The summed E-state index contributed by atoms with van der Waals surface area (Å²) in [7, 11) is 0. The lowest BCUT2D eigenvalue weighted by molar-refractivity contribution is 0.0960. The second-order valence-corrected chi connectivity index (χ2v) is 8.15. The number of carbonyl (C=O) groups excluding carboxylic acids is 2. The van der Waals surface area contributed by atoms with E-state index in [-0.39, 0.29) is 11.8 Å². The van der Waals surface area contributed by atoms with Crippen molar-refractivity contribution >= 4 is 28.6 Å². The Kier molecular flexibility index (Phi) is 5.46. The summed E-state index contributed by atoms with van der Waals surface area (Å²) in [6, 6.07) is 26.7. The minimum atomic E-state index is -0.441. The van der Waals surface area contributed by atoms with Crippen LogP contribution in [0.15, 0.2) is 84.9 Å². The first-order valence-electron chi connectivity index (χ1n) is 10.9. The van der Waals surface area contributed by atoms with Gasteiger partial charge in [-0.25, -0.2) is 4.79 Å². The van der Waals surface area contributed by atoms with Crippen molar-refractivity contribution in [3.63, 3.8) is 0 Å². The number of anilines is 1. The summed E-state index contributed by atoms with van der Waals surface area (Å²) in [5.41, 5.74) is 4.60. The maximum absolute atomic E-state index is 13.3. The van der Waals surface area contributed by atoms with Crippen LogP contribution < -0.4 is 5.32 Å². The molecule has 0 saturated carbocycles. The van der Waals surface area contributed by atoms with Gasteiger partial charge in [-0.15, -0.1) is 0 Å². The Labute approximate surface area is 186 Å². The van der Waals surface area contributed by atoms with Crippen molar-refractivity contribution in [1.82, 2.24) is 4.57 Å². The van der Waals surface area contributed by atoms with E-state index in [0.717, 1.165) is 35.9 Å². The van der Waals surface area contributed by atoms with Crippen LogP contribution in [0.1, 0.15) is 28.0 Å². The Morgan fingerprint density at radius 1 is 0.906 bits per heavy atom. The van der Waals surface area contributed by atoms with Crippen LogP contribution in [0.4, 0.5) is 10.5 Å². The molecule has 5 rings (SSSR count). The summed E-state index contributed by atoms with van der Waals surface area (Å²) in [6.45, 7) is 0.351. The number of para-hydroxylation sites is 2. The summed E-state index contributed by atoms with van der Waals surface area (Å²) < 4.78 is 7.39. The smallest absolute Gasteiger partial charge is 0.411 e. The Balaban J connectivity index is 1.36. The summed E-state index contributed by atoms with van der Waals surface area (Å²) in [4.78, 5) is 25.5. The molecule has 0 spiro atoms. The molecule has 160 valence electrons. The van der Waals surface area contributed by atoms with Crippen molar-refractivity contribution in [1.29, 1.82) is 0 Å². The summed E-state index contributed by atoms with van der Waals surface area (Å²) in [5.74, 6) is 0.218. The summed E-state index contributed by atoms with van der Waals surface area (Å²) in [5, 5.41) is 3.86.